The Morgan fingerprint density at radius 1 is 1.09 bits per heavy atom. The van der Waals surface area contributed by atoms with E-state index in [1.54, 1.807) is 74.3 Å². The maximum atomic E-state index is 12.8. The summed E-state index contributed by atoms with van der Waals surface area (Å²) in [6.07, 6.45) is 3.27. The number of fused-ring (bicyclic) bond motifs is 1. The van der Waals surface area contributed by atoms with Gasteiger partial charge in [-0.15, -0.1) is 0 Å². The van der Waals surface area contributed by atoms with Gasteiger partial charge in [0.2, 0.25) is 0 Å². The van der Waals surface area contributed by atoms with E-state index in [1.165, 1.54) is 0 Å². The summed E-state index contributed by atoms with van der Waals surface area (Å²) in [5.74, 6) is 1.74. The number of rotatable bonds is 8. The summed E-state index contributed by atoms with van der Waals surface area (Å²) in [6.45, 7) is 3.32. The molecule has 0 atom stereocenters. The predicted octanol–water partition coefficient (Wildman–Crippen LogP) is 4.11. The fourth-order valence-corrected chi connectivity index (χ4v) is 4.37. The third-order valence-electron chi connectivity index (χ3n) is 4.92. The van der Waals surface area contributed by atoms with Gasteiger partial charge >= 0.3 is 0 Å². The maximum Gasteiger partial charge on any atom is 0.182 e. The lowest BCUT2D eigenvalue weighted by Crippen LogP contribution is -2.16. The van der Waals surface area contributed by atoms with Crippen LogP contribution in [0.5, 0.6) is 5.75 Å². The summed E-state index contributed by atoms with van der Waals surface area (Å²) in [7, 11) is -1.88. The SMILES string of the molecule is COc1cccc(/C=N/Nc2cc(Nc3ccccc3S(=O)(=O)C(C)C)n3nccc3n2)c1. The second kappa shape index (κ2) is 9.29. The Labute approximate surface area is 192 Å². The molecule has 9 nitrogen and oxygen atoms in total. The summed E-state index contributed by atoms with van der Waals surface area (Å²) in [5, 5.41) is 11.2. The zero-order valence-corrected chi connectivity index (χ0v) is 19.2. The number of ether oxygens (including phenoxy) is 1. The molecule has 0 fully saturated rings. The van der Waals surface area contributed by atoms with E-state index in [0.717, 1.165) is 11.3 Å². The van der Waals surface area contributed by atoms with Crippen LogP contribution in [0.25, 0.3) is 5.65 Å². The molecule has 0 aliphatic carbocycles. The number of aromatic nitrogens is 3. The lowest BCUT2D eigenvalue weighted by atomic mass is 10.2. The summed E-state index contributed by atoms with van der Waals surface area (Å²) in [4.78, 5) is 4.72. The minimum atomic E-state index is -3.49. The fourth-order valence-electron chi connectivity index (χ4n) is 3.16. The molecule has 0 radical (unpaired) electrons. The molecule has 2 N–H and O–H groups in total. The molecular formula is C23H24N6O3S. The average Bonchev–Trinajstić information content (AvgIpc) is 3.28. The first-order chi connectivity index (χ1) is 15.9. The normalized spacial score (nSPS) is 11.9. The number of benzene rings is 2. The smallest absolute Gasteiger partial charge is 0.182 e. The van der Waals surface area contributed by atoms with Crippen molar-refractivity contribution >= 4 is 39.0 Å². The highest BCUT2D eigenvalue weighted by atomic mass is 32.2. The largest absolute Gasteiger partial charge is 0.497 e. The highest BCUT2D eigenvalue weighted by molar-refractivity contribution is 7.92. The van der Waals surface area contributed by atoms with E-state index >= 15 is 0 Å². The first kappa shape index (κ1) is 22.3. The number of methoxy groups -OCH3 is 1. The molecule has 2 aromatic carbocycles. The number of hydrogen-bond acceptors (Lipinski definition) is 8. The Hall–Kier alpha value is -3.92. The summed E-state index contributed by atoms with van der Waals surface area (Å²) >= 11 is 0. The zero-order chi connectivity index (χ0) is 23.4. The summed E-state index contributed by atoms with van der Waals surface area (Å²) < 4.78 is 32.5. The highest BCUT2D eigenvalue weighted by Gasteiger charge is 2.23. The van der Waals surface area contributed by atoms with Gasteiger partial charge in [0.25, 0.3) is 0 Å². The van der Waals surface area contributed by atoms with Crippen molar-refractivity contribution in [2.24, 2.45) is 5.10 Å². The maximum absolute atomic E-state index is 12.8. The van der Waals surface area contributed by atoms with Crippen LogP contribution in [0.4, 0.5) is 17.3 Å². The van der Waals surface area contributed by atoms with Crippen molar-refractivity contribution in [1.29, 1.82) is 0 Å². The molecule has 2 aromatic heterocycles. The molecule has 4 rings (SSSR count). The van der Waals surface area contributed by atoms with Gasteiger partial charge in [-0.25, -0.2) is 13.4 Å². The minimum Gasteiger partial charge on any atom is -0.497 e. The van der Waals surface area contributed by atoms with Crippen LogP contribution in [0.1, 0.15) is 19.4 Å². The lowest BCUT2D eigenvalue weighted by molar-refractivity contribution is 0.415. The van der Waals surface area contributed by atoms with Crippen LogP contribution >= 0.6 is 0 Å². The van der Waals surface area contributed by atoms with Crippen LogP contribution in [0.2, 0.25) is 0 Å². The molecule has 4 aromatic rings. The Balaban J connectivity index is 1.65. The molecular weight excluding hydrogens is 440 g/mol. The van der Waals surface area contributed by atoms with Crippen LogP contribution < -0.4 is 15.5 Å². The first-order valence-corrected chi connectivity index (χ1v) is 11.8. The fraction of sp³-hybridized carbons (Fsp3) is 0.174. The molecule has 2 heterocycles. The Bertz CT molecular complexity index is 1410. The molecule has 170 valence electrons. The van der Waals surface area contributed by atoms with Gasteiger partial charge in [0.05, 0.1) is 35.4 Å². The molecule has 0 aliphatic heterocycles. The molecule has 0 spiro atoms. The highest BCUT2D eigenvalue weighted by Crippen LogP contribution is 2.28. The van der Waals surface area contributed by atoms with Crippen molar-refractivity contribution in [3.63, 3.8) is 0 Å². The molecule has 0 aliphatic rings. The number of nitrogens with one attached hydrogen (secondary N) is 2. The van der Waals surface area contributed by atoms with E-state index in [4.69, 9.17) is 4.74 Å². The quantitative estimate of drug-likeness (QED) is 0.298. The second-order valence-electron chi connectivity index (χ2n) is 7.49. The number of nitrogens with zero attached hydrogens (tertiary/aromatic N) is 4. The van der Waals surface area contributed by atoms with Crippen LogP contribution in [0, 0.1) is 0 Å². The Morgan fingerprint density at radius 3 is 2.70 bits per heavy atom. The second-order valence-corrected chi connectivity index (χ2v) is 9.96. The third kappa shape index (κ3) is 4.80. The minimum absolute atomic E-state index is 0.225. The molecule has 10 heteroatoms. The van der Waals surface area contributed by atoms with E-state index < -0.39 is 15.1 Å². The van der Waals surface area contributed by atoms with Gasteiger partial charge in [-0.2, -0.15) is 14.7 Å². The Morgan fingerprint density at radius 2 is 1.91 bits per heavy atom. The molecule has 0 saturated heterocycles. The van der Waals surface area contributed by atoms with E-state index in [-0.39, 0.29) is 4.90 Å². The van der Waals surface area contributed by atoms with Crippen molar-refractivity contribution in [1.82, 2.24) is 14.6 Å². The number of para-hydroxylation sites is 1. The van der Waals surface area contributed by atoms with Crippen molar-refractivity contribution in [3.05, 3.63) is 72.4 Å². The van der Waals surface area contributed by atoms with Crippen molar-refractivity contribution < 1.29 is 13.2 Å². The zero-order valence-electron chi connectivity index (χ0n) is 18.4. The van der Waals surface area contributed by atoms with Gasteiger partial charge in [-0.3, -0.25) is 5.43 Å². The molecule has 0 bridgehead atoms. The molecule has 0 saturated carbocycles. The monoisotopic (exact) mass is 464 g/mol. The number of hydrogen-bond donors (Lipinski definition) is 2. The van der Waals surface area contributed by atoms with Gasteiger partial charge in [-0.1, -0.05) is 24.3 Å². The van der Waals surface area contributed by atoms with Gasteiger partial charge in [-0.05, 0) is 43.7 Å². The number of anilines is 3. The third-order valence-corrected chi connectivity index (χ3v) is 7.13. The first-order valence-electron chi connectivity index (χ1n) is 10.3. The molecule has 0 amide bonds. The van der Waals surface area contributed by atoms with Gasteiger partial charge in [0.15, 0.2) is 21.3 Å². The standard InChI is InChI=1S/C23H24N6O3S/c1-16(2)33(30,31)20-10-5-4-9-19(20)26-23-14-21(27-22-11-12-25-29(22)23)28-24-15-17-7-6-8-18(13-17)32-3/h4-16,26H,1-3H3,(H,27,28)/b24-15+. The van der Waals surface area contributed by atoms with Crippen LogP contribution in [-0.2, 0) is 9.84 Å². The predicted molar refractivity (Wildman–Crippen MR) is 129 cm³/mol. The van der Waals surface area contributed by atoms with Crippen LogP contribution in [-0.4, -0.2) is 41.6 Å². The van der Waals surface area contributed by atoms with E-state index in [0.29, 0.717) is 23.0 Å². The van der Waals surface area contributed by atoms with Crippen molar-refractivity contribution in [3.8, 4) is 5.75 Å². The Kier molecular flexibility index (Phi) is 6.27. The topological polar surface area (TPSA) is 110 Å². The van der Waals surface area contributed by atoms with Gasteiger partial charge in [0.1, 0.15) is 11.6 Å². The van der Waals surface area contributed by atoms with E-state index in [1.807, 2.05) is 24.3 Å². The van der Waals surface area contributed by atoms with Crippen molar-refractivity contribution in [2.45, 2.75) is 24.0 Å². The molecule has 0 unspecified atom stereocenters. The van der Waals surface area contributed by atoms with Gasteiger partial charge < -0.3 is 10.1 Å². The lowest BCUT2D eigenvalue weighted by Gasteiger charge is -2.15. The van der Waals surface area contributed by atoms with Crippen LogP contribution in [0.15, 0.2) is 76.9 Å². The van der Waals surface area contributed by atoms with Crippen LogP contribution in [0.3, 0.4) is 0 Å². The van der Waals surface area contributed by atoms with E-state index in [9.17, 15) is 8.42 Å². The van der Waals surface area contributed by atoms with Crippen molar-refractivity contribution in [2.75, 3.05) is 17.9 Å². The number of sulfone groups is 1. The van der Waals surface area contributed by atoms with Gasteiger partial charge in [0, 0.05) is 12.1 Å². The average molecular weight is 465 g/mol. The van der Waals surface area contributed by atoms with E-state index in [2.05, 4.69) is 25.9 Å². The molecule has 33 heavy (non-hydrogen) atoms. The summed E-state index contributed by atoms with van der Waals surface area (Å²) in [5.41, 5.74) is 4.81. The summed E-state index contributed by atoms with van der Waals surface area (Å²) in [6, 6.07) is 17.8. The number of hydrazone groups is 1.